The second-order valence-corrected chi connectivity index (χ2v) is 4.16. The van der Waals surface area contributed by atoms with Crippen molar-refractivity contribution in [2.24, 2.45) is 0 Å². The van der Waals surface area contributed by atoms with E-state index in [4.69, 9.17) is 14.9 Å². The van der Waals surface area contributed by atoms with Crippen molar-refractivity contribution >= 4 is 27.9 Å². The van der Waals surface area contributed by atoms with Crippen LogP contribution in [-0.2, 0) is 11.2 Å². The van der Waals surface area contributed by atoms with Crippen molar-refractivity contribution < 1.29 is 24.5 Å². The Labute approximate surface area is 106 Å². The van der Waals surface area contributed by atoms with Gasteiger partial charge in [-0.1, -0.05) is 15.9 Å². The van der Waals surface area contributed by atoms with E-state index in [2.05, 4.69) is 15.9 Å². The van der Waals surface area contributed by atoms with Crippen molar-refractivity contribution in [1.82, 2.24) is 0 Å². The van der Waals surface area contributed by atoms with Gasteiger partial charge in [0, 0.05) is 10.9 Å². The maximum atomic E-state index is 11.2. The zero-order valence-corrected chi connectivity index (χ0v) is 10.7. The predicted octanol–water partition coefficient (Wildman–Crippen LogP) is 2.17. The number of carbonyl (C=O) groups is 2. The predicted molar refractivity (Wildman–Crippen MR) is 63.6 cm³/mol. The van der Waals surface area contributed by atoms with Gasteiger partial charge in [0.25, 0.3) is 0 Å². The van der Waals surface area contributed by atoms with Crippen molar-refractivity contribution in [3.8, 4) is 5.75 Å². The molecule has 0 aromatic heterocycles. The molecule has 1 aromatic rings. The van der Waals surface area contributed by atoms with Crippen LogP contribution < -0.4 is 4.74 Å². The minimum absolute atomic E-state index is 0.00289. The Kier molecular flexibility index (Phi) is 4.51. The van der Waals surface area contributed by atoms with Crippen molar-refractivity contribution in [2.75, 3.05) is 7.11 Å². The van der Waals surface area contributed by atoms with Gasteiger partial charge in [0.15, 0.2) is 0 Å². The molecular formula is C11H11BrO5. The third kappa shape index (κ3) is 3.20. The summed E-state index contributed by atoms with van der Waals surface area (Å²) in [5, 5.41) is 17.7. The lowest BCUT2D eigenvalue weighted by atomic mass is 10.0. The minimum atomic E-state index is -1.14. The summed E-state index contributed by atoms with van der Waals surface area (Å²) in [7, 11) is 1.37. The second kappa shape index (κ2) is 5.67. The number of carboxylic acids is 2. The molecule has 0 unspecified atom stereocenters. The smallest absolute Gasteiger partial charge is 0.339 e. The molecule has 0 amide bonds. The van der Waals surface area contributed by atoms with E-state index in [1.165, 1.54) is 13.2 Å². The third-order valence-corrected chi connectivity index (χ3v) is 2.98. The van der Waals surface area contributed by atoms with E-state index in [9.17, 15) is 9.59 Å². The SMILES string of the molecule is COc1ccc(Br)c(CCC(=O)O)c1C(=O)O. The summed E-state index contributed by atoms with van der Waals surface area (Å²) >= 11 is 3.22. The number of aromatic carboxylic acids is 1. The van der Waals surface area contributed by atoms with Crippen LogP contribution in [0.2, 0.25) is 0 Å². The Hall–Kier alpha value is -1.56. The Morgan fingerprint density at radius 1 is 1.35 bits per heavy atom. The van der Waals surface area contributed by atoms with Crippen molar-refractivity contribution in [3.05, 3.63) is 27.7 Å². The summed E-state index contributed by atoms with van der Waals surface area (Å²) < 4.78 is 5.53. The topological polar surface area (TPSA) is 83.8 Å². The van der Waals surface area contributed by atoms with Gasteiger partial charge in [0.2, 0.25) is 0 Å². The Balaban J connectivity index is 3.23. The largest absolute Gasteiger partial charge is 0.496 e. The summed E-state index contributed by atoms with van der Waals surface area (Å²) in [5.41, 5.74) is 0.433. The van der Waals surface area contributed by atoms with E-state index in [-0.39, 0.29) is 24.2 Å². The molecule has 5 nitrogen and oxygen atoms in total. The molecule has 0 heterocycles. The van der Waals surface area contributed by atoms with Crippen LogP contribution in [0.4, 0.5) is 0 Å². The standard InChI is InChI=1S/C11H11BrO5/c1-17-8-4-3-7(12)6(2-5-9(13)14)10(8)11(15)16/h3-4H,2,5H2,1H3,(H,13,14)(H,15,16). The average Bonchev–Trinajstić information content (AvgIpc) is 2.26. The molecule has 6 heteroatoms. The van der Waals surface area contributed by atoms with Crippen LogP contribution in [0.25, 0.3) is 0 Å². The number of hydrogen-bond donors (Lipinski definition) is 2. The third-order valence-electron chi connectivity index (χ3n) is 2.24. The van der Waals surface area contributed by atoms with Crippen molar-refractivity contribution in [2.45, 2.75) is 12.8 Å². The molecule has 0 radical (unpaired) electrons. The van der Waals surface area contributed by atoms with Crippen LogP contribution in [0, 0.1) is 0 Å². The summed E-state index contributed by atoms with van der Waals surface area (Å²) in [6, 6.07) is 3.17. The zero-order valence-electron chi connectivity index (χ0n) is 9.07. The molecule has 17 heavy (non-hydrogen) atoms. The fourth-order valence-corrected chi connectivity index (χ4v) is 2.01. The first-order valence-electron chi connectivity index (χ1n) is 4.77. The zero-order chi connectivity index (χ0) is 13.0. The van der Waals surface area contributed by atoms with Gasteiger partial charge < -0.3 is 14.9 Å². The van der Waals surface area contributed by atoms with Gasteiger partial charge in [-0.25, -0.2) is 4.79 Å². The van der Waals surface area contributed by atoms with Crippen molar-refractivity contribution in [3.63, 3.8) is 0 Å². The highest BCUT2D eigenvalue weighted by atomic mass is 79.9. The highest BCUT2D eigenvalue weighted by Gasteiger charge is 2.19. The van der Waals surface area contributed by atoms with Gasteiger partial charge in [0.05, 0.1) is 7.11 Å². The first kappa shape index (κ1) is 13.5. The van der Waals surface area contributed by atoms with E-state index in [1.807, 2.05) is 0 Å². The summed E-state index contributed by atoms with van der Waals surface area (Å²) in [5.74, 6) is -1.89. The number of hydrogen-bond acceptors (Lipinski definition) is 3. The monoisotopic (exact) mass is 302 g/mol. The molecule has 1 rings (SSSR count). The molecule has 0 spiro atoms. The van der Waals surface area contributed by atoms with Gasteiger partial charge in [-0.15, -0.1) is 0 Å². The quantitative estimate of drug-likeness (QED) is 0.871. The lowest BCUT2D eigenvalue weighted by Gasteiger charge is -2.11. The normalized spacial score (nSPS) is 10.0. The van der Waals surface area contributed by atoms with Gasteiger partial charge in [-0.2, -0.15) is 0 Å². The molecule has 0 aliphatic carbocycles. The fourth-order valence-electron chi connectivity index (χ4n) is 1.48. The molecule has 0 atom stereocenters. The fraction of sp³-hybridized carbons (Fsp3) is 0.273. The van der Waals surface area contributed by atoms with Gasteiger partial charge in [-0.05, 0) is 24.1 Å². The van der Waals surface area contributed by atoms with Crippen LogP contribution in [-0.4, -0.2) is 29.3 Å². The molecular weight excluding hydrogens is 292 g/mol. The Morgan fingerprint density at radius 2 is 2.00 bits per heavy atom. The van der Waals surface area contributed by atoms with E-state index >= 15 is 0 Å². The van der Waals surface area contributed by atoms with Crippen LogP contribution in [0.15, 0.2) is 16.6 Å². The van der Waals surface area contributed by atoms with E-state index in [1.54, 1.807) is 6.07 Å². The highest BCUT2D eigenvalue weighted by molar-refractivity contribution is 9.10. The maximum absolute atomic E-state index is 11.2. The molecule has 0 saturated carbocycles. The van der Waals surface area contributed by atoms with E-state index < -0.39 is 11.9 Å². The highest BCUT2D eigenvalue weighted by Crippen LogP contribution is 2.30. The number of rotatable bonds is 5. The lowest BCUT2D eigenvalue weighted by molar-refractivity contribution is -0.136. The van der Waals surface area contributed by atoms with E-state index in [0.717, 1.165) is 0 Å². The maximum Gasteiger partial charge on any atom is 0.339 e. The van der Waals surface area contributed by atoms with Gasteiger partial charge in [0.1, 0.15) is 11.3 Å². The second-order valence-electron chi connectivity index (χ2n) is 3.30. The first-order chi connectivity index (χ1) is 7.97. The van der Waals surface area contributed by atoms with Crippen LogP contribution >= 0.6 is 15.9 Å². The minimum Gasteiger partial charge on any atom is -0.496 e. The lowest BCUT2D eigenvalue weighted by Crippen LogP contribution is -2.08. The molecule has 0 fully saturated rings. The number of aliphatic carboxylic acids is 1. The summed E-state index contributed by atoms with van der Waals surface area (Å²) in [6.07, 6.45) is 0.000791. The number of carboxylic acid groups (broad SMARTS) is 2. The average molecular weight is 303 g/mol. The number of ether oxygens (including phenoxy) is 1. The van der Waals surface area contributed by atoms with Gasteiger partial charge in [-0.3, -0.25) is 4.79 Å². The number of benzene rings is 1. The summed E-state index contributed by atoms with van der Waals surface area (Å²) in [4.78, 5) is 21.7. The van der Waals surface area contributed by atoms with Crippen molar-refractivity contribution in [1.29, 1.82) is 0 Å². The Morgan fingerprint density at radius 3 is 2.47 bits per heavy atom. The van der Waals surface area contributed by atoms with Gasteiger partial charge >= 0.3 is 11.9 Å². The number of methoxy groups -OCH3 is 1. The molecule has 0 aliphatic heterocycles. The van der Waals surface area contributed by atoms with E-state index in [0.29, 0.717) is 10.0 Å². The summed E-state index contributed by atoms with van der Waals surface area (Å²) in [6.45, 7) is 0. The molecule has 0 bridgehead atoms. The molecule has 1 aromatic carbocycles. The van der Waals surface area contributed by atoms with Crippen LogP contribution in [0.3, 0.4) is 0 Å². The first-order valence-corrected chi connectivity index (χ1v) is 5.57. The molecule has 0 aliphatic rings. The van der Waals surface area contributed by atoms with Crippen LogP contribution in [0.1, 0.15) is 22.3 Å². The molecule has 2 N–H and O–H groups in total. The Bertz CT molecular complexity index is 455. The van der Waals surface area contributed by atoms with Crippen LogP contribution in [0.5, 0.6) is 5.75 Å². The molecule has 0 saturated heterocycles. The number of halogens is 1. The molecule has 92 valence electrons.